The Labute approximate surface area is 110 Å². The maximum Gasteiger partial charge on any atom is 0.317 e. The molecule has 104 valence electrons. The van der Waals surface area contributed by atoms with Gasteiger partial charge in [-0.1, -0.05) is 19.3 Å². The minimum absolute atomic E-state index is 0.117. The zero-order chi connectivity index (χ0) is 12.8. The number of nitrogens with one attached hydrogen (secondary N) is 1. The quantitative estimate of drug-likeness (QED) is 0.739. The van der Waals surface area contributed by atoms with E-state index < -0.39 is 0 Å². The van der Waals surface area contributed by atoms with Crippen molar-refractivity contribution >= 4 is 6.03 Å². The van der Waals surface area contributed by atoms with E-state index in [-0.39, 0.29) is 6.03 Å². The molecule has 0 aromatic heterocycles. The van der Waals surface area contributed by atoms with Crippen LogP contribution in [0.5, 0.6) is 0 Å². The number of hydrogen-bond donors (Lipinski definition) is 1. The first-order chi connectivity index (χ1) is 8.81. The Bertz CT molecular complexity index is 261. The van der Waals surface area contributed by atoms with Gasteiger partial charge in [0.15, 0.2) is 0 Å². The Balaban J connectivity index is 1.83. The number of carbonyl (C=O) groups excluding carboxylic acids is 1. The molecule has 0 radical (unpaired) electrons. The lowest BCUT2D eigenvalue weighted by Crippen LogP contribution is -2.48. The van der Waals surface area contributed by atoms with Crippen molar-refractivity contribution in [2.45, 2.75) is 51.0 Å². The molecule has 1 N–H and O–H groups in total. The van der Waals surface area contributed by atoms with Crippen molar-refractivity contribution < 1.29 is 9.53 Å². The van der Waals surface area contributed by atoms with Crippen LogP contribution in [0.25, 0.3) is 0 Å². The first-order valence-corrected chi connectivity index (χ1v) is 7.34. The fourth-order valence-corrected chi connectivity index (χ4v) is 2.73. The van der Waals surface area contributed by atoms with Crippen molar-refractivity contribution in [1.82, 2.24) is 10.2 Å². The second-order valence-corrected chi connectivity index (χ2v) is 5.61. The molecule has 2 amide bonds. The molecule has 0 spiro atoms. The number of rotatable bonds is 6. The van der Waals surface area contributed by atoms with E-state index in [1.165, 1.54) is 44.9 Å². The summed E-state index contributed by atoms with van der Waals surface area (Å²) in [5.74, 6) is 0.764. The average molecular weight is 254 g/mol. The second-order valence-electron chi connectivity index (χ2n) is 5.61. The summed E-state index contributed by atoms with van der Waals surface area (Å²) in [6.45, 7) is 2.17. The van der Waals surface area contributed by atoms with Gasteiger partial charge in [0.1, 0.15) is 0 Å². The van der Waals surface area contributed by atoms with Crippen LogP contribution in [-0.4, -0.2) is 43.8 Å². The van der Waals surface area contributed by atoms with Crippen LogP contribution in [0, 0.1) is 5.92 Å². The standard InChI is InChI=1S/C14H26N2O2/c1-18-10-9-15-14(17)16(11-12-7-8-12)13-5-3-2-4-6-13/h12-13H,2-11H2,1H3,(H,15,17). The largest absolute Gasteiger partial charge is 0.383 e. The van der Waals surface area contributed by atoms with Crippen LogP contribution in [0.1, 0.15) is 44.9 Å². The van der Waals surface area contributed by atoms with Crippen LogP contribution in [0.3, 0.4) is 0 Å². The van der Waals surface area contributed by atoms with Gasteiger partial charge in [-0.3, -0.25) is 0 Å². The predicted molar refractivity (Wildman–Crippen MR) is 71.6 cm³/mol. The number of carbonyl (C=O) groups is 1. The van der Waals surface area contributed by atoms with Crippen molar-refractivity contribution in [1.29, 1.82) is 0 Å². The highest BCUT2D eigenvalue weighted by molar-refractivity contribution is 5.74. The van der Waals surface area contributed by atoms with Crippen molar-refractivity contribution in [3.05, 3.63) is 0 Å². The zero-order valence-electron chi connectivity index (χ0n) is 11.5. The average Bonchev–Trinajstić information content (AvgIpc) is 3.21. The number of urea groups is 1. The first kappa shape index (κ1) is 13.7. The molecule has 18 heavy (non-hydrogen) atoms. The van der Waals surface area contributed by atoms with E-state index in [1.807, 2.05) is 0 Å². The minimum Gasteiger partial charge on any atom is -0.383 e. The Morgan fingerprint density at radius 1 is 1.22 bits per heavy atom. The Morgan fingerprint density at radius 2 is 1.94 bits per heavy atom. The summed E-state index contributed by atoms with van der Waals surface area (Å²) in [5, 5.41) is 2.98. The maximum atomic E-state index is 12.2. The molecular formula is C14H26N2O2. The van der Waals surface area contributed by atoms with E-state index in [0.29, 0.717) is 19.2 Å². The normalized spacial score (nSPS) is 20.7. The number of methoxy groups -OCH3 is 1. The van der Waals surface area contributed by atoms with Crippen LogP contribution < -0.4 is 5.32 Å². The van der Waals surface area contributed by atoms with Crippen LogP contribution in [0.2, 0.25) is 0 Å². The van der Waals surface area contributed by atoms with E-state index in [9.17, 15) is 4.79 Å². The van der Waals surface area contributed by atoms with E-state index in [0.717, 1.165) is 12.5 Å². The highest BCUT2D eigenvalue weighted by Gasteiger charge is 2.31. The summed E-state index contributed by atoms with van der Waals surface area (Å²) in [6.07, 6.45) is 8.85. The molecule has 0 aromatic carbocycles. The zero-order valence-corrected chi connectivity index (χ0v) is 11.5. The lowest BCUT2D eigenvalue weighted by Gasteiger charge is -2.34. The molecule has 2 aliphatic carbocycles. The van der Waals surface area contributed by atoms with Gasteiger partial charge in [-0.2, -0.15) is 0 Å². The van der Waals surface area contributed by atoms with Gasteiger partial charge < -0.3 is 15.0 Å². The molecule has 0 bridgehead atoms. The van der Waals surface area contributed by atoms with Gasteiger partial charge in [-0.15, -0.1) is 0 Å². The lowest BCUT2D eigenvalue weighted by molar-refractivity contribution is 0.146. The third-order valence-corrected chi connectivity index (χ3v) is 4.01. The second kappa shape index (κ2) is 6.98. The maximum absolute atomic E-state index is 12.2. The Morgan fingerprint density at radius 3 is 2.56 bits per heavy atom. The van der Waals surface area contributed by atoms with Crippen LogP contribution in [0.4, 0.5) is 4.79 Å². The third kappa shape index (κ3) is 4.16. The Hall–Kier alpha value is -0.770. The third-order valence-electron chi connectivity index (χ3n) is 4.01. The lowest BCUT2D eigenvalue weighted by atomic mass is 9.94. The highest BCUT2D eigenvalue weighted by atomic mass is 16.5. The van der Waals surface area contributed by atoms with Crippen LogP contribution in [0.15, 0.2) is 0 Å². The molecule has 4 nitrogen and oxygen atoms in total. The van der Waals surface area contributed by atoms with Gasteiger partial charge in [-0.25, -0.2) is 4.79 Å². The monoisotopic (exact) mass is 254 g/mol. The van der Waals surface area contributed by atoms with Gasteiger partial charge in [0.25, 0.3) is 0 Å². The van der Waals surface area contributed by atoms with Crippen LogP contribution >= 0.6 is 0 Å². The molecule has 2 aliphatic rings. The summed E-state index contributed by atoms with van der Waals surface area (Å²) < 4.78 is 4.98. The van der Waals surface area contributed by atoms with Crippen molar-refractivity contribution in [2.75, 3.05) is 26.8 Å². The summed E-state index contributed by atoms with van der Waals surface area (Å²) in [6, 6.07) is 0.591. The molecule has 0 unspecified atom stereocenters. The van der Waals surface area contributed by atoms with Gasteiger partial charge in [0.05, 0.1) is 6.61 Å². The number of nitrogens with zero attached hydrogens (tertiary/aromatic N) is 1. The summed E-state index contributed by atoms with van der Waals surface area (Å²) >= 11 is 0. The molecule has 4 heteroatoms. The summed E-state index contributed by atoms with van der Waals surface area (Å²) in [5.41, 5.74) is 0. The molecule has 0 heterocycles. The summed E-state index contributed by atoms with van der Waals surface area (Å²) in [4.78, 5) is 14.3. The molecule has 0 aliphatic heterocycles. The summed E-state index contributed by atoms with van der Waals surface area (Å²) in [7, 11) is 1.66. The highest BCUT2D eigenvalue weighted by Crippen LogP contribution is 2.32. The number of hydrogen-bond acceptors (Lipinski definition) is 2. The Kier molecular flexibility index (Phi) is 5.29. The molecule has 2 fully saturated rings. The fourth-order valence-electron chi connectivity index (χ4n) is 2.73. The number of ether oxygens (including phenoxy) is 1. The van der Waals surface area contributed by atoms with Gasteiger partial charge in [0.2, 0.25) is 0 Å². The van der Waals surface area contributed by atoms with Gasteiger partial charge in [-0.05, 0) is 31.6 Å². The topological polar surface area (TPSA) is 41.6 Å². The number of amides is 2. The van der Waals surface area contributed by atoms with Crippen LogP contribution in [-0.2, 0) is 4.74 Å². The van der Waals surface area contributed by atoms with E-state index >= 15 is 0 Å². The van der Waals surface area contributed by atoms with Crippen molar-refractivity contribution in [3.8, 4) is 0 Å². The SMILES string of the molecule is COCCNC(=O)N(CC1CC1)C1CCCCC1. The molecule has 0 saturated heterocycles. The fraction of sp³-hybridized carbons (Fsp3) is 0.929. The molecule has 0 aromatic rings. The van der Waals surface area contributed by atoms with Crippen molar-refractivity contribution in [3.63, 3.8) is 0 Å². The van der Waals surface area contributed by atoms with E-state index in [1.54, 1.807) is 7.11 Å². The smallest absolute Gasteiger partial charge is 0.317 e. The van der Waals surface area contributed by atoms with Crippen molar-refractivity contribution in [2.24, 2.45) is 5.92 Å². The molecular weight excluding hydrogens is 228 g/mol. The van der Waals surface area contributed by atoms with E-state index in [2.05, 4.69) is 10.2 Å². The minimum atomic E-state index is 0.117. The molecule has 2 saturated carbocycles. The first-order valence-electron chi connectivity index (χ1n) is 7.34. The van der Waals surface area contributed by atoms with E-state index in [4.69, 9.17) is 4.74 Å². The molecule has 0 atom stereocenters. The molecule has 2 rings (SSSR count). The van der Waals surface area contributed by atoms with Gasteiger partial charge in [0, 0.05) is 26.2 Å². The van der Waals surface area contributed by atoms with Gasteiger partial charge >= 0.3 is 6.03 Å². The predicted octanol–water partition coefficient (Wildman–Crippen LogP) is 2.39.